The molecule has 0 atom stereocenters. The molecule has 0 saturated heterocycles. The summed E-state index contributed by atoms with van der Waals surface area (Å²) in [7, 11) is 0. The zero-order chi connectivity index (χ0) is 13.9. The smallest absolute Gasteiger partial charge is 0.323 e. The SMILES string of the molecule is Cc1nc(C)c(C(=O)N(CC(=O)O)CC(=O)O)s1. The Bertz CT molecular complexity index is 480. The van der Waals surface area contributed by atoms with Crippen LogP contribution in [0.25, 0.3) is 0 Å². The number of aromatic nitrogens is 1. The molecule has 18 heavy (non-hydrogen) atoms. The molecule has 1 aromatic heterocycles. The Morgan fingerprint density at radius 1 is 1.17 bits per heavy atom. The maximum Gasteiger partial charge on any atom is 0.323 e. The average Bonchev–Trinajstić information content (AvgIpc) is 2.54. The molecule has 2 N–H and O–H groups in total. The van der Waals surface area contributed by atoms with Crippen LogP contribution in [0.1, 0.15) is 20.4 Å². The highest BCUT2D eigenvalue weighted by molar-refractivity contribution is 7.13. The van der Waals surface area contributed by atoms with Crippen LogP contribution in [0.2, 0.25) is 0 Å². The molecule has 0 spiro atoms. The van der Waals surface area contributed by atoms with Gasteiger partial charge >= 0.3 is 11.9 Å². The lowest BCUT2D eigenvalue weighted by Crippen LogP contribution is -2.39. The fourth-order valence-corrected chi connectivity index (χ4v) is 2.29. The van der Waals surface area contributed by atoms with E-state index < -0.39 is 30.9 Å². The quantitative estimate of drug-likeness (QED) is 0.801. The van der Waals surface area contributed by atoms with Crippen molar-refractivity contribution in [1.29, 1.82) is 0 Å². The second kappa shape index (κ2) is 5.58. The van der Waals surface area contributed by atoms with Gasteiger partial charge in [-0.3, -0.25) is 14.4 Å². The van der Waals surface area contributed by atoms with E-state index in [1.165, 1.54) is 0 Å². The van der Waals surface area contributed by atoms with Gasteiger partial charge in [-0.2, -0.15) is 0 Å². The van der Waals surface area contributed by atoms with Crippen molar-refractivity contribution >= 4 is 29.2 Å². The lowest BCUT2D eigenvalue weighted by atomic mass is 10.3. The van der Waals surface area contributed by atoms with Gasteiger partial charge in [0.1, 0.15) is 18.0 Å². The minimum absolute atomic E-state index is 0.273. The lowest BCUT2D eigenvalue weighted by molar-refractivity contribution is -0.140. The number of thiazole rings is 1. The zero-order valence-electron chi connectivity index (χ0n) is 9.84. The van der Waals surface area contributed by atoms with E-state index in [0.717, 1.165) is 16.2 Å². The molecule has 0 aliphatic rings. The molecule has 0 bridgehead atoms. The van der Waals surface area contributed by atoms with E-state index in [0.29, 0.717) is 10.7 Å². The molecule has 7 nitrogen and oxygen atoms in total. The van der Waals surface area contributed by atoms with Crippen LogP contribution in [-0.2, 0) is 9.59 Å². The second-order valence-electron chi connectivity index (χ2n) is 3.60. The van der Waals surface area contributed by atoms with Gasteiger partial charge in [-0.15, -0.1) is 11.3 Å². The predicted octanol–water partition coefficient (Wildman–Crippen LogP) is 0.371. The Hall–Kier alpha value is -1.96. The lowest BCUT2D eigenvalue weighted by Gasteiger charge is -2.17. The third-order valence-corrected chi connectivity index (χ3v) is 3.10. The first-order valence-corrected chi connectivity index (χ1v) is 5.79. The van der Waals surface area contributed by atoms with Crippen molar-refractivity contribution in [1.82, 2.24) is 9.88 Å². The van der Waals surface area contributed by atoms with Crippen molar-refractivity contribution < 1.29 is 24.6 Å². The maximum absolute atomic E-state index is 12.0. The Morgan fingerprint density at radius 3 is 2.00 bits per heavy atom. The van der Waals surface area contributed by atoms with Gasteiger partial charge in [0.15, 0.2) is 0 Å². The van der Waals surface area contributed by atoms with E-state index in [1.54, 1.807) is 13.8 Å². The first-order chi connectivity index (χ1) is 8.31. The Balaban J connectivity index is 2.97. The summed E-state index contributed by atoms with van der Waals surface area (Å²) in [6.07, 6.45) is 0. The van der Waals surface area contributed by atoms with Gasteiger partial charge in [-0.25, -0.2) is 4.98 Å². The first kappa shape index (κ1) is 14.1. The minimum Gasteiger partial charge on any atom is -0.480 e. The molecule has 0 radical (unpaired) electrons. The number of rotatable bonds is 5. The summed E-state index contributed by atoms with van der Waals surface area (Å²) in [5, 5.41) is 18.0. The molecule has 98 valence electrons. The largest absolute Gasteiger partial charge is 0.480 e. The van der Waals surface area contributed by atoms with Crippen molar-refractivity contribution in [3.05, 3.63) is 15.6 Å². The van der Waals surface area contributed by atoms with E-state index in [4.69, 9.17) is 10.2 Å². The molecule has 1 rings (SSSR count). The molecular weight excluding hydrogens is 260 g/mol. The van der Waals surface area contributed by atoms with Gasteiger partial charge < -0.3 is 15.1 Å². The third kappa shape index (κ3) is 3.52. The highest BCUT2D eigenvalue weighted by atomic mass is 32.1. The highest BCUT2D eigenvalue weighted by Gasteiger charge is 2.24. The molecule has 0 saturated carbocycles. The van der Waals surface area contributed by atoms with Crippen LogP contribution in [-0.4, -0.2) is 51.0 Å². The van der Waals surface area contributed by atoms with Crippen molar-refractivity contribution in [2.75, 3.05) is 13.1 Å². The molecule has 1 aromatic rings. The summed E-state index contributed by atoms with van der Waals surface area (Å²) in [6.45, 7) is 2.03. The molecule has 0 aromatic carbocycles. The monoisotopic (exact) mass is 272 g/mol. The number of carbonyl (C=O) groups is 3. The van der Waals surface area contributed by atoms with Gasteiger partial charge in [-0.1, -0.05) is 0 Å². The molecular formula is C10H12N2O5S. The standard InChI is InChI=1S/C10H12N2O5S/c1-5-9(18-6(2)11-5)10(17)12(3-7(13)14)4-8(15)16/h3-4H2,1-2H3,(H,13,14)(H,15,16). The van der Waals surface area contributed by atoms with Crippen LogP contribution in [0.4, 0.5) is 0 Å². The number of carbonyl (C=O) groups excluding carboxylic acids is 1. The van der Waals surface area contributed by atoms with Gasteiger partial charge in [0.2, 0.25) is 0 Å². The van der Waals surface area contributed by atoms with E-state index >= 15 is 0 Å². The van der Waals surface area contributed by atoms with Gasteiger partial charge in [0, 0.05) is 0 Å². The number of hydrogen-bond donors (Lipinski definition) is 2. The summed E-state index contributed by atoms with van der Waals surface area (Å²) in [6, 6.07) is 0. The molecule has 0 unspecified atom stereocenters. The summed E-state index contributed by atoms with van der Waals surface area (Å²) in [5.74, 6) is -3.14. The number of hydrogen-bond acceptors (Lipinski definition) is 5. The van der Waals surface area contributed by atoms with Gasteiger partial charge in [0.05, 0.1) is 10.7 Å². The van der Waals surface area contributed by atoms with E-state index in [9.17, 15) is 14.4 Å². The van der Waals surface area contributed by atoms with Crippen molar-refractivity contribution in [2.45, 2.75) is 13.8 Å². The molecule has 0 aliphatic carbocycles. The van der Waals surface area contributed by atoms with Crippen molar-refractivity contribution in [3.63, 3.8) is 0 Å². The third-order valence-electron chi connectivity index (χ3n) is 2.04. The highest BCUT2D eigenvalue weighted by Crippen LogP contribution is 2.19. The number of carboxylic acid groups (broad SMARTS) is 2. The summed E-state index contributed by atoms with van der Waals surface area (Å²) in [4.78, 5) is 38.3. The number of aliphatic carboxylic acids is 2. The van der Waals surface area contributed by atoms with Crippen molar-refractivity contribution in [3.8, 4) is 0 Å². The predicted molar refractivity (Wildman–Crippen MR) is 62.8 cm³/mol. The van der Waals surface area contributed by atoms with Crippen LogP contribution in [0.15, 0.2) is 0 Å². The van der Waals surface area contributed by atoms with Crippen LogP contribution in [0.5, 0.6) is 0 Å². The van der Waals surface area contributed by atoms with E-state index in [2.05, 4.69) is 4.98 Å². The molecule has 0 aliphatic heterocycles. The maximum atomic E-state index is 12.0. The van der Waals surface area contributed by atoms with Crippen LogP contribution < -0.4 is 0 Å². The van der Waals surface area contributed by atoms with Gasteiger partial charge in [0.25, 0.3) is 5.91 Å². The summed E-state index contributed by atoms with van der Waals surface area (Å²) >= 11 is 1.12. The molecule has 1 heterocycles. The fraction of sp³-hybridized carbons (Fsp3) is 0.400. The first-order valence-electron chi connectivity index (χ1n) is 4.98. The molecule has 8 heteroatoms. The number of nitrogens with zero attached hydrogens (tertiary/aromatic N) is 2. The number of aryl methyl sites for hydroxylation is 2. The fourth-order valence-electron chi connectivity index (χ4n) is 1.40. The normalized spacial score (nSPS) is 10.1. The van der Waals surface area contributed by atoms with Crippen molar-refractivity contribution in [2.24, 2.45) is 0 Å². The number of amides is 1. The van der Waals surface area contributed by atoms with Crippen LogP contribution in [0, 0.1) is 13.8 Å². The Labute approximate surface area is 107 Å². The Morgan fingerprint density at radius 2 is 1.67 bits per heavy atom. The van der Waals surface area contributed by atoms with E-state index in [1.807, 2.05) is 0 Å². The molecule has 1 amide bonds. The minimum atomic E-state index is -1.26. The van der Waals surface area contributed by atoms with Gasteiger partial charge in [-0.05, 0) is 13.8 Å². The number of carboxylic acids is 2. The zero-order valence-corrected chi connectivity index (χ0v) is 10.7. The van der Waals surface area contributed by atoms with Crippen LogP contribution >= 0.6 is 11.3 Å². The van der Waals surface area contributed by atoms with Crippen LogP contribution in [0.3, 0.4) is 0 Å². The second-order valence-corrected chi connectivity index (χ2v) is 4.80. The topological polar surface area (TPSA) is 108 Å². The van der Waals surface area contributed by atoms with E-state index in [-0.39, 0.29) is 4.88 Å². The summed E-state index contributed by atoms with van der Waals surface area (Å²) < 4.78 is 0. The average molecular weight is 272 g/mol. The Kier molecular flexibility index (Phi) is 4.38. The molecule has 0 fully saturated rings. The summed E-state index contributed by atoms with van der Waals surface area (Å²) in [5.41, 5.74) is 0.475.